The molecule has 1 aliphatic heterocycles. The van der Waals surface area contributed by atoms with E-state index < -0.39 is 0 Å². The van der Waals surface area contributed by atoms with Crippen LogP contribution >= 0.6 is 0 Å². The summed E-state index contributed by atoms with van der Waals surface area (Å²) < 4.78 is 15.6. The van der Waals surface area contributed by atoms with Crippen LogP contribution in [0.3, 0.4) is 0 Å². The molecule has 0 spiro atoms. The molecule has 0 saturated carbocycles. The molecule has 2 aromatic heterocycles. The number of hydrogen-bond donors (Lipinski definition) is 1. The van der Waals surface area contributed by atoms with Gasteiger partial charge in [-0.05, 0) is 24.3 Å². The fourth-order valence-corrected chi connectivity index (χ4v) is 3.36. The van der Waals surface area contributed by atoms with E-state index in [9.17, 15) is 4.79 Å². The number of rotatable bonds is 5. The Balaban J connectivity index is 1.34. The lowest BCUT2D eigenvalue weighted by atomic mass is 10.2. The minimum Gasteiger partial charge on any atom is -0.497 e. The van der Waals surface area contributed by atoms with Crippen molar-refractivity contribution in [3.8, 4) is 22.9 Å². The van der Waals surface area contributed by atoms with Crippen LogP contribution in [0.25, 0.3) is 11.4 Å². The third kappa shape index (κ3) is 4.52. The van der Waals surface area contributed by atoms with Gasteiger partial charge in [0.25, 0.3) is 0 Å². The predicted octanol–water partition coefficient (Wildman–Crippen LogP) is 2.81. The molecule has 2 amide bonds. The van der Waals surface area contributed by atoms with Gasteiger partial charge < -0.3 is 29.1 Å². The number of methoxy groups -OCH3 is 2. The van der Waals surface area contributed by atoms with Crippen LogP contribution in [0.2, 0.25) is 0 Å². The first kappa shape index (κ1) is 20.5. The molecule has 0 bridgehead atoms. The SMILES string of the molecule is COc1ccc(NC(=O)N2CCN(c3ccc(-c4noc(C)n4)cn3)CC2)c(OC)c1. The van der Waals surface area contributed by atoms with Crippen LogP contribution in [-0.4, -0.2) is 66.5 Å². The molecule has 3 heterocycles. The van der Waals surface area contributed by atoms with Crippen LogP contribution in [0.4, 0.5) is 16.3 Å². The Kier molecular flexibility index (Phi) is 5.87. The maximum Gasteiger partial charge on any atom is 0.322 e. The zero-order valence-corrected chi connectivity index (χ0v) is 17.7. The summed E-state index contributed by atoms with van der Waals surface area (Å²) in [5.41, 5.74) is 1.40. The number of nitrogens with zero attached hydrogens (tertiary/aromatic N) is 5. The van der Waals surface area contributed by atoms with Gasteiger partial charge in [0.1, 0.15) is 17.3 Å². The third-order valence-corrected chi connectivity index (χ3v) is 5.07. The van der Waals surface area contributed by atoms with Crippen LogP contribution in [-0.2, 0) is 0 Å². The number of benzene rings is 1. The number of aromatic nitrogens is 3. The highest BCUT2D eigenvalue weighted by atomic mass is 16.5. The monoisotopic (exact) mass is 424 g/mol. The van der Waals surface area contributed by atoms with Crippen molar-refractivity contribution in [1.29, 1.82) is 0 Å². The van der Waals surface area contributed by atoms with Gasteiger partial charge in [-0.2, -0.15) is 4.98 Å². The maximum atomic E-state index is 12.7. The van der Waals surface area contributed by atoms with E-state index in [4.69, 9.17) is 14.0 Å². The van der Waals surface area contributed by atoms with Gasteiger partial charge in [0.2, 0.25) is 11.7 Å². The summed E-state index contributed by atoms with van der Waals surface area (Å²) in [5.74, 6) is 3.09. The number of anilines is 2. The van der Waals surface area contributed by atoms with Crippen molar-refractivity contribution in [2.75, 3.05) is 50.6 Å². The Labute approximate surface area is 179 Å². The Morgan fingerprint density at radius 1 is 1.10 bits per heavy atom. The number of amides is 2. The van der Waals surface area contributed by atoms with Crippen molar-refractivity contribution in [3.63, 3.8) is 0 Å². The number of nitrogens with one attached hydrogen (secondary N) is 1. The molecule has 1 N–H and O–H groups in total. The van der Waals surface area contributed by atoms with Crippen molar-refractivity contribution in [2.24, 2.45) is 0 Å². The molecule has 10 heteroatoms. The fourth-order valence-electron chi connectivity index (χ4n) is 3.36. The summed E-state index contributed by atoms with van der Waals surface area (Å²) in [4.78, 5) is 25.4. The average Bonchev–Trinajstić information content (AvgIpc) is 3.25. The van der Waals surface area contributed by atoms with Crippen molar-refractivity contribution < 1.29 is 18.8 Å². The zero-order chi connectivity index (χ0) is 21.8. The minimum absolute atomic E-state index is 0.168. The number of carbonyl (C=O) groups excluding carboxylic acids is 1. The number of carbonyl (C=O) groups is 1. The van der Waals surface area contributed by atoms with Gasteiger partial charge in [-0.15, -0.1) is 0 Å². The summed E-state index contributed by atoms with van der Waals surface area (Å²) in [6.45, 7) is 4.27. The quantitative estimate of drug-likeness (QED) is 0.667. The number of pyridine rings is 1. The van der Waals surface area contributed by atoms with Crippen molar-refractivity contribution in [1.82, 2.24) is 20.0 Å². The molecule has 1 aromatic carbocycles. The minimum atomic E-state index is -0.168. The molecule has 31 heavy (non-hydrogen) atoms. The summed E-state index contributed by atoms with van der Waals surface area (Å²) in [6, 6.07) is 8.96. The molecule has 4 rings (SSSR count). The van der Waals surface area contributed by atoms with Gasteiger partial charge in [-0.1, -0.05) is 5.16 Å². The highest BCUT2D eigenvalue weighted by Gasteiger charge is 2.23. The molecule has 1 fully saturated rings. The normalized spacial score (nSPS) is 13.8. The second-order valence-corrected chi connectivity index (χ2v) is 7.01. The summed E-state index contributed by atoms with van der Waals surface area (Å²) in [5, 5.41) is 6.82. The zero-order valence-electron chi connectivity index (χ0n) is 17.7. The smallest absolute Gasteiger partial charge is 0.322 e. The van der Waals surface area contributed by atoms with E-state index in [1.165, 1.54) is 0 Å². The van der Waals surface area contributed by atoms with Gasteiger partial charge >= 0.3 is 6.03 Å². The Bertz CT molecular complexity index is 1040. The molecule has 162 valence electrons. The van der Waals surface area contributed by atoms with E-state index in [-0.39, 0.29) is 6.03 Å². The number of urea groups is 1. The largest absolute Gasteiger partial charge is 0.497 e. The van der Waals surface area contributed by atoms with Gasteiger partial charge in [0.05, 0.1) is 19.9 Å². The van der Waals surface area contributed by atoms with Crippen LogP contribution < -0.4 is 19.7 Å². The maximum absolute atomic E-state index is 12.7. The molecule has 0 radical (unpaired) electrons. The van der Waals surface area contributed by atoms with E-state index >= 15 is 0 Å². The Hall–Kier alpha value is -3.82. The van der Waals surface area contributed by atoms with E-state index in [2.05, 4.69) is 25.3 Å². The lowest BCUT2D eigenvalue weighted by Crippen LogP contribution is -2.50. The summed E-state index contributed by atoms with van der Waals surface area (Å²) in [6.07, 6.45) is 1.73. The Morgan fingerprint density at radius 3 is 2.52 bits per heavy atom. The number of piperazine rings is 1. The van der Waals surface area contributed by atoms with E-state index in [1.807, 2.05) is 12.1 Å². The predicted molar refractivity (Wildman–Crippen MR) is 115 cm³/mol. The molecule has 1 saturated heterocycles. The van der Waals surface area contributed by atoms with Crippen molar-refractivity contribution >= 4 is 17.5 Å². The number of ether oxygens (including phenoxy) is 2. The van der Waals surface area contributed by atoms with Crippen molar-refractivity contribution in [2.45, 2.75) is 6.92 Å². The first-order chi connectivity index (χ1) is 15.1. The molecule has 1 aliphatic rings. The standard InChI is InChI=1S/C21H24N6O4/c1-14-23-20(25-31-14)15-4-7-19(22-13-15)26-8-10-27(11-9-26)21(28)24-17-6-5-16(29-2)12-18(17)30-3/h4-7,12-13H,8-11H2,1-3H3,(H,24,28). The molecule has 10 nitrogen and oxygen atoms in total. The molecular formula is C21H24N6O4. The summed E-state index contributed by atoms with van der Waals surface area (Å²) >= 11 is 0. The van der Waals surface area contributed by atoms with Crippen LogP contribution in [0.15, 0.2) is 41.1 Å². The second kappa shape index (κ2) is 8.90. The Morgan fingerprint density at radius 2 is 1.90 bits per heavy atom. The van der Waals surface area contributed by atoms with Gasteiger partial charge in [-0.25, -0.2) is 9.78 Å². The van der Waals surface area contributed by atoms with Gasteiger partial charge in [0.15, 0.2) is 0 Å². The molecule has 0 atom stereocenters. The highest BCUT2D eigenvalue weighted by molar-refractivity contribution is 5.91. The number of hydrogen-bond acceptors (Lipinski definition) is 8. The average molecular weight is 424 g/mol. The highest BCUT2D eigenvalue weighted by Crippen LogP contribution is 2.29. The van der Waals surface area contributed by atoms with Crippen LogP contribution in [0.1, 0.15) is 5.89 Å². The first-order valence-corrected chi connectivity index (χ1v) is 9.87. The van der Waals surface area contributed by atoms with E-state index in [0.717, 1.165) is 11.4 Å². The topological polar surface area (TPSA) is 106 Å². The second-order valence-electron chi connectivity index (χ2n) is 7.01. The van der Waals surface area contributed by atoms with Gasteiger partial charge in [-0.3, -0.25) is 0 Å². The van der Waals surface area contributed by atoms with Gasteiger partial charge in [0, 0.05) is 50.9 Å². The van der Waals surface area contributed by atoms with E-state index in [1.54, 1.807) is 50.4 Å². The molecule has 0 aliphatic carbocycles. The molecule has 0 unspecified atom stereocenters. The molecule has 3 aromatic rings. The van der Waals surface area contributed by atoms with E-state index in [0.29, 0.717) is 55.1 Å². The first-order valence-electron chi connectivity index (χ1n) is 9.87. The van der Waals surface area contributed by atoms with Crippen LogP contribution in [0, 0.1) is 6.92 Å². The molecular weight excluding hydrogens is 400 g/mol. The lowest BCUT2D eigenvalue weighted by molar-refractivity contribution is 0.208. The third-order valence-electron chi connectivity index (χ3n) is 5.07. The summed E-state index contributed by atoms with van der Waals surface area (Å²) in [7, 11) is 3.14. The lowest BCUT2D eigenvalue weighted by Gasteiger charge is -2.35. The van der Waals surface area contributed by atoms with Crippen LogP contribution in [0.5, 0.6) is 11.5 Å². The van der Waals surface area contributed by atoms with Crippen molar-refractivity contribution in [3.05, 3.63) is 42.4 Å². The fraction of sp³-hybridized carbons (Fsp3) is 0.333. The number of aryl methyl sites for hydroxylation is 1.